The molecule has 158 valence electrons. The molecule has 0 saturated heterocycles. The molecule has 5 rings (SSSR count). The molecule has 32 heavy (non-hydrogen) atoms. The van der Waals surface area contributed by atoms with E-state index in [-0.39, 0.29) is 5.78 Å². The van der Waals surface area contributed by atoms with Crippen molar-refractivity contribution in [3.8, 4) is 22.5 Å². The molecule has 2 nitrogen and oxygen atoms in total. The lowest BCUT2D eigenvalue weighted by atomic mass is 9.85. The van der Waals surface area contributed by atoms with Crippen molar-refractivity contribution in [1.29, 1.82) is 0 Å². The van der Waals surface area contributed by atoms with Crippen molar-refractivity contribution in [3.05, 3.63) is 93.0 Å². The van der Waals surface area contributed by atoms with Crippen molar-refractivity contribution in [2.45, 2.75) is 41.5 Å². The quantitative estimate of drug-likeness (QED) is 0.336. The molecule has 0 radical (unpaired) electrons. The molecule has 4 aromatic rings. The molecular weight excluding hydrogens is 390 g/mol. The summed E-state index contributed by atoms with van der Waals surface area (Å²) >= 11 is 0. The van der Waals surface area contributed by atoms with E-state index in [4.69, 9.17) is 4.98 Å². The van der Waals surface area contributed by atoms with Crippen LogP contribution in [0.1, 0.15) is 49.3 Å². The largest absolute Gasteiger partial charge is 0.289 e. The van der Waals surface area contributed by atoms with Crippen LogP contribution in [0.3, 0.4) is 0 Å². The van der Waals surface area contributed by atoms with Crippen molar-refractivity contribution in [2.75, 3.05) is 0 Å². The van der Waals surface area contributed by atoms with E-state index in [1.807, 2.05) is 18.2 Å². The van der Waals surface area contributed by atoms with Gasteiger partial charge in [-0.2, -0.15) is 0 Å². The van der Waals surface area contributed by atoms with Gasteiger partial charge in [0.1, 0.15) is 0 Å². The molecule has 1 aliphatic carbocycles. The molecule has 0 aliphatic heterocycles. The predicted octanol–water partition coefficient (Wildman–Crippen LogP) is 7.63. The lowest BCUT2D eigenvalue weighted by Crippen LogP contribution is -2.07. The van der Waals surface area contributed by atoms with Crippen molar-refractivity contribution in [1.82, 2.24) is 4.98 Å². The molecule has 2 heteroatoms. The van der Waals surface area contributed by atoms with Crippen LogP contribution in [0.4, 0.5) is 0 Å². The van der Waals surface area contributed by atoms with Crippen LogP contribution in [0, 0.1) is 41.5 Å². The molecule has 0 N–H and O–H groups in total. The zero-order chi connectivity index (χ0) is 22.7. The van der Waals surface area contributed by atoms with Crippen LogP contribution in [0.5, 0.6) is 0 Å². The minimum Gasteiger partial charge on any atom is -0.289 e. The zero-order valence-corrected chi connectivity index (χ0v) is 19.6. The van der Waals surface area contributed by atoms with Crippen molar-refractivity contribution in [2.24, 2.45) is 0 Å². The van der Waals surface area contributed by atoms with Gasteiger partial charge in [-0.25, -0.2) is 4.98 Å². The van der Waals surface area contributed by atoms with Gasteiger partial charge in [-0.05, 0) is 75.9 Å². The third-order valence-electron chi connectivity index (χ3n) is 6.56. The van der Waals surface area contributed by atoms with Gasteiger partial charge in [0.15, 0.2) is 5.78 Å². The summed E-state index contributed by atoms with van der Waals surface area (Å²) in [6.45, 7) is 12.9. The highest BCUT2D eigenvalue weighted by Gasteiger charge is 2.24. The van der Waals surface area contributed by atoms with Crippen LogP contribution in [0.2, 0.25) is 0 Å². The minimum absolute atomic E-state index is 0.0564. The van der Waals surface area contributed by atoms with Gasteiger partial charge in [-0.3, -0.25) is 4.79 Å². The maximum absolute atomic E-state index is 12.8. The third kappa shape index (κ3) is 3.02. The Hall–Kier alpha value is -3.52. The van der Waals surface area contributed by atoms with Gasteiger partial charge in [-0.1, -0.05) is 53.6 Å². The van der Waals surface area contributed by atoms with Gasteiger partial charge in [0, 0.05) is 33.0 Å². The summed E-state index contributed by atoms with van der Waals surface area (Å²) in [5, 5.41) is 2.05. The maximum atomic E-state index is 12.8. The van der Waals surface area contributed by atoms with E-state index in [1.165, 1.54) is 33.4 Å². The Morgan fingerprint density at radius 2 is 1.19 bits per heavy atom. The third-order valence-corrected chi connectivity index (χ3v) is 6.56. The van der Waals surface area contributed by atoms with Crippen LogP contribution in [-0.2, 0) is 0 Å². The molecule has 0 bridgehead atoms. The predicted molar refractivity (Wildman–Crippen MR) is 134 cm³/mol. The lowest BCUT2D eigenvalue weighted by Gasteiger charge is -2.22. The molecule has 1 aromatic heterocycles. The Morgan fingerprint density at radius 3 is 1.75 bits per heavy atom. The van der Waals surface area contributed by atoms with Crippen molar-refractivity contribution < 1.29 is 4.79 Å². The van der Waals surface area contributed by atoms with Crippen LogP contribution in [0.25, 0.3) is 39.4 Å². The number of hydrogen-bond donors (Lipinski definition) is 0. The Labute approximate surface area is 189 Å². The summed E-state index contributed by atoms with van der Waals surface area (Å²) in [7, 11) is 0. The highest BCUT2D eigenvalue weighted by molar-refractivity contribution is 6.22. The maximum Gasteiger partial charge on any atom is 0.186 e. The number of ketones is 1. The number of carbonyl (C=O) groups is 1. The Bertz CT molecular complexity index is 1440. The molecule has 1 heterocycles. The van der Waals surface area contributed by atoms with Crippen LogP contribution in [0.15, 0.2) is 48.5 Å². The second-order valence-electron chi connectivity index (χ2n) is 9.20. The average Bonchev–Trinajstić information content (AvgIpc) is 2.70. The normalized spacial score (nSPS) is 12.6. The molecule has 0 spiro atoms. The van der Waals surface area contributed by atoms with Gasteiger partial charge in [-0.15, -0.1) is 0 Å². The lowest BCUT2D eigenvalue weighted by molar-refractivity contribution is 0.104. The number of hydrogen-bond acceptors (Lipinski definition) is 2. The van der Waals surface area contributed by atoms with Crippen molar-refractivity contribution >= 4 is 22.6 Å². The summed E-state index contributed by atoms with van der Waals surface area (Å²) in [5.41, 5.74) is 13.3. The second-order valence-corrected chi connectivity index (χ2v) is 9.20. The Balaban J connectivity index is 1.99. The summed E-state index contributed by atoms with van der Waals surface area (Å²) < 4.78 is 0. The first-order valence-electron chi connectivity index (χ1n) is 11.1. The topological polar surface area (TPSA) is 30.0 Å². The van der Waals surface area contributed by atoms with Gasteiger partial charge in [0.25, 0.3) is 0 Å². The molecule has 0 atom stereocenters. The van der Waals surface area contributed by atoms with Gasteiger partial charge in [0.2, 0.25) is 0 Å². The standard InChI is InChI=1S/C30H27NO/c1-16-12-18(3)26(19(4)13-16)29-23-9-7-8-22-25(32)11-10-24(28(22)23)30(31-29)27-20(5)14-17(2)15-21(27)6/h7-15H,1-6H3. The highest BCUT2D eigenvalue weighted by Crippen LogP contribution is 2.42. The summed E-state index contributed by atoms with van der Waals surface area (Å²) in [6, 6.07) is 14.9. The number of carbonyl (C=O) groups excluding carboxylic acids is 1. The molecular formula is C30H27NO. The highest BCUT2D eigenvalue weighted by atomic mass is 16.1. The number of allylic oxidation sites excluding steroid dienone is 1. The second kappa shape index (κ2) is 7.27. The number of pyridine rings is 1. The molecule has 0 amide bonds. The number of aryl methyl sites for hydroxylation is 6. The molecule has 1 aliphatic rings. The molecule has 3 aromatic carbocycles. The first-order valence-corrected chi connectivity index (χ1v) is 11.1. The van der Waals surface area contributed by atoms with Crippen LogP contribution >= 0.6 is 0 Å². The number of nitrogens with zero attached hydrogens (tertiary/aromatic N) is 1. The number of benzene rings is 3. The average molecular weight is 418 g/mol. The van der Waals surface area contributed by atoms with Gasteiger partial charge >= 0.3 is 0 Å². The van der Waals surface area contributed by atoms with E-state index in [2.05, 4.69) is 71.9 Å². The van der Waals surface area contributed by atoms with Gasteiger partial charge in [0.05, 0.1) is 11.4 Å². The van der Waals surface area contributed by atoms with Crippen LogP contribution in [-0.4, -0.2) is 10.8 Å². The van der Waals surface area contributed by atoms with E-state index in [0.29, 0.717) is 0 Å². The smallest absolute Gasteiger partial charge is 0.186 e. The van der Waals surface area contributed by atoms with Gasteiger partial charge < -0.3 is 0 Å². The van der Waals surface area contributed by atoms with Crippen molar-refractivity contribution in [3.63, 3.8) is 0 Å². The minimum atomic E-state index is 0.0564. The monoisotopic (exact) mass is 417 g/mol. The van der Waals surface area contributed by atoms with E-state index in [9.17, 15) is 4.79 Å². The first kappa shape index (κ1) is 20.4. The fourth-order valence-corrected chi connectivity index (χ4v) is 5.50. The first-order chi connectivity index (χ1) is 15.3. The fraction of sp³-hybridized carbons (Fsp3) is 0.200. The number of rotatable bonds is 2. The Morgan fingerprint density at radius 1 is 0.656 bits per heavy atom. The zero-order valence-electron chi connectivity index (χ0n) is 19.6. The SMILES string of the molecule is Cc1cc(C)c(-c2nc(-c3c(C)cc(C)cc3C)c3cccc4c3c2C=CC4=O)c(C)c1. The molecule has 0 saturated carbocycles. The van der Waals surface area contributed by atoms with E-state index < -0.39 is 0 Å². The van der Waals surface area contributed by atoms with E-state index in [1.54, 1.807) is 6.08 Å². The van der Waals surface area contributed by atoms with Crippen LogP contribution < -0.4 is 0 Å². The van der Waals surface area contributed by atoms with E-state index >= 15 is 0 Å². The number of aromatic nitrogens is 1. The molecule has 0 fully saturated rings. The van der Waals surface area contributed by atoms with E-state index in [0.717, 1.165) is 44.4 Å². The fourth-order valence-electron chi connectivity index (χ4n) is 5.50. The summed E-state index contributed by atoms with van der Waals surface area (Å²) in [6.07, 6.45) is 3.64. The summed E-state index contributed by atoms with van der Waals surface area (Å²) in [5.74, 6) is 0.0564. The summed E-state index contributed by atoms with van der Waals surface area (Å²) in [4.78, 5) is 18.2. The molecule has 0 unspecified atom stereocenters. The Kier molecular flexibility index (Phi) is 4.63.